The molecule has 5 heterocycles. The van der Waals surface area contributed by atoms with Crippen LogP contribution >= 0.6 is 0 Å². The monoisotopic (exact) mass is 481 g/mol. The molecule has 0 spiro atoms. The highest BCUT2D eigenvalue weighted by Gasteiger charge is 2.32. The Morgan fingerprint density at radius 2 is 1.43 bits per heavy atom. The average molecular weight is 482 g/mol. The Hall–Kier alpha value is -3.14. The second-order valence-electron chi connectivity index (χ2n) is 9.53. The second-order valence-corrected chi connectivity index (χ2v) is 9.53. The number of amides is 2. The summed E-state index contributed by atoms with van der Waals surface area (Å²) in [6.07, 6.45) is 3.13. The summed E-state index contributed by atoms with van der Waals surface area (Å²) in [4.78, 5) is 36.2. The van der Waals surface area contributed by atoms with Crippen molar-refractivity contribution in [1.29, 1.82) is 0 Å². The lowest BCUT2D eigenvalue weighted by atomic mass is 9.95. The van der Waals surface area contributed by atoms with Gasteiger partial charge < -0.3 is 28.9 Å². The fraction of sp³-hybridized carbons (Fsp3) is 0.600. The van der Waals surface area contributed by atoms with E-state index in [9.17, 15) is 9.59 Å². The number of anilines is 2. The molecule has 3 fully saturated rings. The van der Waals surface area contributed by atoms with Gasteiger partial charge in [-0.25, -0.2) is 0 Å². The number of hydrogen-bond donors (Lipinski definition) is 0. The molecular formula is C25H35N7O3. The zero-order chi connectivity index (χ0) is 24.2. The van der Waals surface area contributed by atoms with Crippen molar-refractivity contribution in [3.8, 4) is 0 Å². The van der Waals surface area contributed by atoms with Crippen LogP contribution in [0.2, 0.25) is 0 Å². The Morgan fingerprint density at radius 1 is 0.829 bits per heavy atom. The van der Waals surface area contributed by atoms with Gasteiger partial charge in [0.1, 0.15) is 0 Å². The van der Waals surface area contributed by atoms with Gasteiger partial charge >= 0.3 is 0 Å². The van der Waals surface area contributed by atoms with Gasteiger partial charge in [-0.15, -0.1) is 10.2 Å². The highest BCUT2D eigenvalue weighted by atomic mass is 16.3. The molecule has 2 aromatic heterocycles. The van der Waals surface area contributed by atoms with Crippen molar-refractivity contribution in [3.05, 3.63) is 36.3 Å². The van der Waals surface area contributed by atoms with Gasteiger partial charge in [-0.05, 0) is 43.7 Å². The average Bonchev–Trinajstić information content (AvgIpc) is 3.48. The fourth-order valence-electron chi connectivity index (χ4n) is 5.25. The largest absolute Gasteiger partial charge is 0.459 e. The van der Waals surface area contributed by atoms with Crippen LogP contribution in [-0.4, -0.2) is 109 Å². The smallest absolute Gasteiger partial charge is 0.289 e. The summed E-state index contributed by atoms with van der Waals surface area (Å²) in [7, 11) is 0. The molecule has 0 atom stereocenters. The highest BCUT2D eigenvalue weighted by molar-refractivity contribution is 5.91. The zero-order valence-electron chi connectivity index (χ0n) is 20.5. The van der Waals surface area contributed by atoms with E-state index in [1.165, 1.54) is 6.26 Å². The molecule has 0 aliphatic carbocycles. The van der Waals surface area contributed by atoms with Crippen LogP contribution in [0.1, 0.15) is 30.3 Å². The van der Waals surface area contributed by atoms with E-state index in [-0.39, 0.29) is 17.7 Å². The van der Waals surface area contributed by atoms with Gasteiger partial charge in [-0.1, -0.05) is 6.92 Å². The van der Waals surface area contributed by atoms with Crippen LogP contribution in [0.15, 0.2) is 34.9 Å². The van der Waals surface area contributed by atoms with Crippen LogP contribution in [0.3, 0.4) is 0 Å². The molecule has 188 valence electrons. The van der Waals surface area contributed by atoms with E-state index < -0.39 is 0 Å². The molecule has 2 amide bonds. The molecule has 3 saturated heterocycles. The Kier molecular flexibility index (Phi) is 7.17. The van der Waals surface area contributed by atoms with Gasteiger partial charge in [0.05, 0.1) is 6.26 Å². The number of piperidine rings is 1. The molecule has 10 nitrogen and oxygen atoms in total. The molecule has 0 bridgehead atoms. The van der Waals surface area contributed by atoms with Crippen molar-refractivity contribution in [2.75, 3.05) is 81.8 Å². The van der Waals surface area contributed by atoms with Crippen LogP contribution in [0, 0.1) is 5.92 Å². The Labute approximate surface area is 206 Å². The lowest BCUT2D eigenvalue weighted by Gasteiger charge is -2.38. The Bertz CT molecular complexity index is 973. The molecule has 0 aromatic carbocycles. The first-order valence-corrected chi connectivity index (χ1v) is 12.8. The number of aromatic nitrogens is 2. The third-order valence-corrected chi connectivity index (χ3v) is 7.56. The first-order valence-electron chi connectivity index (χ1n) is 12.8. The molecule has 3 aliphatic rings. The van der Waals surface area contributed by atoms with Crippen LogP contribution < -0.4 is 9.80 Å². The van der Waals surface area contributed by atoms with E-state index in [1.807, 2.05) is 4.90 Å². The van der Waals surface area contributed by atoms with E-state index in [2.05, 4.69) is 44.0 Å². The molecule has 10 heteroatoms. The van der Waals surface area contributed by atoms with E-state index in [0.29, 0.717) is 31.9 Å². The molecule has 0 unspecified atom stereocenters. The summed E-state index contributed by atoms with van der Waals surface area (Å²) in [5.41, 5.74) is 0. The maximum absolute atomic E-state index is 13.1. The molecule has 0 radical (unpaired) electrons. The molecule has 35 heavy (non-hydrogen) atoms. The topological polar surface area (TPSA) is 89.3 Å². The van der Waals surface area contributed by atoms with E-state index >= 15 is 0 Å². The first kappa shape index (κ1) is 23.6. The minimum absolute atomic E-state index is 0.0284. The SMILES string of the molecule is CCN1CCN(c2ccc(N3CCC(C(=O)N4CCN(C(=O)c5ccco5)CC4)CC3)nn2)CC1. The highest BCUT2D eigenvalue weighted by Crippen LogP contribution is 2.25. The lowest BCUT2D eigenvalue weighted by Crippen LogP contribution is -2.53. The Morgan fingerprint density at radius 3 is 1.97 bits per heavy atom. The van der Waals surface area contributed by atoms with Crippen molar-refractivity contribution in [1.82, 2.24) is 24.9 Å². The molecule has 0 saturated carbocycles. The number of carbonyl (C=O) groups is 2. The fourth-order valence-corrected chi connectivity index (χ4v) is 5.25. The summed E-state index contributed by atoms with van der Waals surface area (Å²) >= 11 is 0. The first-order chi connectivity index (χ1) is 17.1. The summed E-state index contributed by atoms with van der Waals surface area (Å²) in [6, 6.07) is 7.53. The minimum Gasteiger partial charge on any atom is -0.459 e. The molecular weight excluding hydrogens is 446 g/mol. The number of likely N-dealkylation sites (N-methyl/N-ethyl adjacent to an activating group) is 1. The van der Waals surface area contributed by atoms with Crippen molar-refractivity contribution < 1.29 is 14.0 Å². The van der Waals surface area contributed by atoms with Crippen molar-refractivity contribution in [2.24, 2.45) is 5.92 Å². The van der Waals surface area contributed by atoms with E-state index in [0.717, 1.165) is 70.3 Å². The lowest BCUT2D eigenvalue weighted by molar-refractivity contribution is -0.137. The van der Waals surface area contributed by atoms with Gasteiger partial charge in [0.15, 0.2) is 17.4 Å². The van der Waals surface area contributed by atoms with Crippen LogP contribution in [-0.2, 0) is 4.79 Å². The molecule has 5 rings (SSSR count). The van der Waals surface area contributed by atoms with Crippen molar-refractivity contribution in [2.45, 2.75) is 19.8 Å². The van der Waals surface area contributed by atoms with Gasteiger partial charge in [0, 0.05) is 71.4 Å². The van der Waals surface area contributed by atoms with Gasteiger partial charge in [-0.3, -0.25) is 9.59 Å². The van der Waals surface area contributed by atoms with E-state index in [4.69, 9.17) is 4.42 Å². The minimum atomic E-state index is -0.106. The van der Waals surface area contributed by atoms with Crippen LogP contribution in [0.5, 0.6) is 0 Å². The van der Waals surface area contributed by atoms with E-state index in [1.54, 1.807) is 17.0 Å². The quantitative estimate of drug-likeness (QED) is 0.634. The van der Waals surface area contributed by atoms with Gasteiger partial charge in [-0.2, -0.15) is 0 Å². The number of nitrogens with zero attached hydrogens (tertiary/aromatic N) is 7. The Balaban J connectivity index is 1.08. The van der Waals surface area contributed by atoms with Crippen LogP contribution in [0.4, 0.5) is 11.6 Å². The zero-order valence-corrected chi connectivity index (χ0v) is 20.5. The summed E-state index contributed by atoms with van der Waals surface area (Å²) in [5, 5.41) is 9.00. The molecule has 3 aliphatic heterocycles. The van der Waals surface area contributed by atoms with Gasteiger partial charge in [0.25, 0.3) is 5.91 Å². The predicted octanol–water partition coefficient (Wildman–Crippen LogP) is 1.41. The van der Waals surface area contributed by atoms with Crippen molar-refractivity contribution in [3.63, 3.8) is 0 Å². The maximum Gasteiger partial charge on any atom is 0.289 e. The third kappa shape index (κ3) is 5.27. The second kappa shape index (κ2) is 10.6. The van der Waals surface area contributed by atoms with Crippen molar-refractivity contribution >= 4 is 23.5 Å². The number of rotatable bonds is 5. The number of carbonyl (C=O) groups excluding carboxylic acids is 2. The molecule has 2 aromatic rings. The standard InChI is InChI=1S/C25H35N7O3/c1-2-28-11-13-30(14-12-28)23-6-5-22(26-27-23)29-9-7-20(8-10-29)24(33)31-15-17-32(18-16-31)25(34)21-4-3-19-35-21/h3-6,19-20H,2,7-18H2,1H3. The summed E-state index contributed by atoms with van der Waals surface area (Å²) in [5.74, 6) is 2.32. The van der Waals surface area contributed by atoms with Crippen LogP contribution in [0.25, 0.3) is 0 Å². The maximum atomic E-state index is 13.1. The third-order valence-electron chi connectivity index (χ3n) is 7.56. The predicted molar refractivity (Wildman–Crippen MR) is 132 cm³/mol. The number of hydrogen-bond acceptors (Lipinski definition) is 8. The molecule has 0 N–H and O–H groups in total. The number of furan rings is 1. The summed E-state index contributed by atoms with van der Waals surface area (Å²) in [6.45, 7) is 11.2. The number of piperazine rings is 2. The van der Waals surface area contributed by atoms with Gasteiger partial charge in [0.2, 0.25) is 5.91 Å². The normalized spacial score (nSPS) is 20.4. The summed E-state index contributed by atoms with van der Waals surface area (Å²) < 4.78 is 5.22.